The fraction of sp³-hybridized carbons (Fsp3) is 0.444. The minimum absolute atomic E-state index is 0.245. The number of allylic oxidation sites excluding steroid dienone is 4. The van der Waals surface area contributed by atoms with Gasteiger partial charge in [0, 0.05) is 12.7 Å². The molecular weight excluding hydrogens is 371 g/mol. The van der Waals surface area contributed by atoms with E-state index in [1.165, 1.54) is 49.0 Å². The molecule has 0 aliphatic heterocycles. The van der Waals surface area contributed by atoms with Crippen LogP contribution in [0.3, 0.4) is 0 Å². The van der Waals surface area contributed by atoms with Crippen molar-refractivity contribution < 1.29 is 4.39 Å². The topological polar surface area (TPSA) is 15.6 Å². The molecule has 0 N–H and O–H groups in total. The van der Waals surface area contributed by atoms with Crippen molar-refractivity contribution in [1.29, 1.82) is 0 Å². The lowest BCUT2D eigenvalue weighted by molar-refractivity contribution is 0.628. The van der Waals surface area contributed by atoms with Crippen molar-refractivity contribution >= 4 is 11.5 Å². The zero-order chi connectivity index (χ0) is 21.7. The Balaban J connectivity index is 1.71. The average molecular weight is 407 g/mol. The highest BCUT2D eigenvalue weighted by molar-refractivity contribution is 5.96. The van der Waals surface area contributed by atoms with Gasteiger partial charge in [-0.3, -0.25) is 0 Å². The molecule has 2 aliphatic rings. The van der Waals surface area contributed by atoms with Gasteiger partial charge < -0.3 is 4.90 Å². The number of benzene rings is 1. The summed E-state index contributed by atoms with van der Waals surface area (Å²) < 4.78 is 13.7. The van der Waals surface area contributed by atoms with Crippen LogP contribution in [0.4, 0.5) is 10.1 Å². The van der Waals surface area contributed by atoms with Gasteiger partial charge >= 0.3 is 0 Å². The van der Waals surface area contributed by atoms with E-state index in [1.807, 2.05) is 31.0 Å². The highest BCUT2D eigenvalue weighted by Crippen LogP contribution is 2.41. The van der Waals surface area contributed by atoms with Gasteiger partial charge in [0.1, 0.15) is 11.7 Å². The predicted molar refractivity (Wildman–Crippen MR) is 127 cm³/mol. The molecule has 2 saturated carbocycles. The highest BCUT2D eigenvalue weighted by atomic mass is 19.1. The van der Waals surface area contributed by atoms with Crippen LogP contribution in [0, 0.1) is 17.7 Å². The number of amidine groups is 1. The van der Waals surface area contributed by atoms with Crippen molar-refractivity contribution in [2.75, 3.05) is 11.9 Å². The first kappa shape index (κ1) is 22.3. The summed E-state index contributed by atoms with van der Waals surface area (Å²) in [7, 11) is 1.92. The number of nitrogens with zero attached hydrogens (tertiary/aromatic N) is 2. The van der Waals surface area contributed by atoms with Crippen molar-refractivity contribution in [3.05, 3.63) is 78.3 Å². The Bertz CT molecular complexity index is 869. The van der Waals surface area contributed by atoms with Crippen LogP contribution < -0.4 is 4.90 Å². The van der Waals surface area contributed by atoms with E-state index in [2.05, 4.69) is 19.7 Å². The molecule has 0 spiro atoms. The van der Waals surface area contributed by atoms with Gasteiger partial charge in [0.15, 0.2) is 0 Å². The predicted octanol–water partition coefficient (Wildman–Crippen LogP) is 7.61. The lowest BCUT2D eigenvalue weighted by Crippen LogP contribution is -2.24. The van der Waals surface area contributed by atoms with E-state index in [0.29, 0.717) is 5.92 Å². The molecule has 0 bridgehead atoms. The average Bonchev–Trinajstić information content (AvgIpc) is 3.63. The maximum atomic E-state index is 13.7. The van der Waals surface area contributed by atoms with E-state index >= 15 is 0 Å². The molecule has 2 aliphatic carbocycles. The Morgan fingerprint density at radius 3 is 2.40 bits per heavy atom. The molecule has 0 amide bonds. The molecule has 3 heteroatoms. The number of hydrogen-bond donors (Lipinski definition) is 0. The minimum Gasteiger partial charge on any atom is -0.333 e. The van der Waals surface area contributed by atoms with E-state index in [0.717, 1.165) is 54.4 Å². The molecule has 0 heterocycles. The molecule has 1 aromatic rings. The fourth-order valence-electron chi connectivity index (χ4n) is 3.81. The molecule has 2 nitrogen and oxygen atoms in total. The highest BCUT2D eigenvalue weighted by Gasteiger charge is 2.28. The summed E-state index contributed by atoms with van der Waals surface area (Å²) in [5, 5.41) is 0. The Morgan fingerprint density at radius 2 is 1.80 bits per heavy atom. The first-order valence-corrected chi connectivity index (χ1v) is 11.2. The van der Waals surface area contributed by atoms with Crippen LogP contribution >= 0.6 is 0 Å². The number of anilines is 1. The monoisotopic (exact) mass is 406 g/mol. The van der Waals surface area contributed by atoms with E-state index in [1.54, 1.807) is 6.07 Å². The second-order valence-electron chi connectivity index (χ2n) is 8.72. The Labute approximate surface area is 181 Å². The zero-order valence-corrected chi connectivity index (χ0v) is 18.6. The third kappa shape index (κ3) is 6.04. The van der Waals surface area contributed by atoms with Crippen LogP contribution in [0.5, 0.6) is 0 Å². The van der Waals surface area contributed by atoms with Gasteiger partial charge in [0.25, 0.3) is 0 Å². The van der Waals surface area contributed by atoms with Crippen LogP contribution in [-0.2, 0) is 0 Å². The molecular formula is C27H35FN2. The zero-order valence-electron chi connectivity index (χ0n) is 18.6. The summed E-state index contributed by atoms with van der Waals surface area (Å²) in [6.45, 7) is 14.6. The third-order valence-electron chi connectivity index (χ3n) is 6.18. The SMILES string of the molecule is C=C/C(=C(\N=C(C)N(C)c1cccc(F)c1)C(=C)CCCCC(=C)C1CC1)C1CC1. The fourth-order valence-corrected chi connectivity index (χ4v) is 3.81. The standard InChI is InChI=1S/C27H35FN2/c1-6-26(23-16-17-23)27(20(3)11-8-7-10-19(2)22-14-15-22)29-21(4)30(5)25-13-9-12-24(28)18-25/h6,9,12-13,18,22-23H,1-3,7-8,10-11,14-17H2,4-5H3/b27-26+,29-21?. The molecule has 1 aromatic carbocycles. The van der Waals surface area contributed by atoms with Gasteiger partial charge in [0.05, 0.1) is 5.70 Å². The van der Waals surface area contributed by atoms with Crippen molar-refractivity contribution in [3.63, 3.8) is 0 Å². The van der Waals surface area contributed by atoms with Crippen molar-refractivity contribution in [3.8, 4) is 0 Å². The molecule has 160 valence electrons. The number of hydrogen-bond acceptors (Lipinski definition) is 1. The summed E-state index contributed by atoms with van der Waals surface area (Å²) in [6, 6.07) is 6.60. The van der Waals surface area contributed by atoms with Gasteiger partial charge in [-0.25, -0.2) is 9.38 Å². The molecule has 0 saturated heterocycles. The first-order chi connectivity index (χ1) is 14.4. The van der Waals surface area contributed by atoms with Crippen LogP contribution in [0.25, 0.3) is 0 Å². The molecule has 0 atom stereocenters. The van der Waals surface area contributed by atoms with E-state index < -0.39 is 0 Å². The summed E-state index contributed by atoms with van der Waals surface area (Å²) in [6.07, 6.45) is 11.3. The van der Waals surface area contributed by atoms with Gasteiger partial charge in [-0.1, -0.05) is 37.5 Å². The second kappa shape index (κ2) is 10.1. The summed E-state index contributed by atoms with van der Waals surface area (Å²) in [5.41, 5.74) is 5.45. The van der Waals surface area contributed by atoms with Crippen LogP contribution in [0.15, 0.2) is 77.5 Å². The lowest BCUT2D eigenvalue weighted by Gasteiger charge is -2.21. The quantitative estimate of drug-likeness (QED) is 0.121. The van der Waals surface area contributed by atoms with Gasteiger partial charge in [-0.2, -0.15) is 0 Å². The van der Waals surface area contributed by atoms with Crippen molar-refractivity contribution in [2.45, 2.75) is 58.3 Å². The molecule has 2 fully saturated rings. The van der Waals surface area contributed by atoms with E-state index in [4.69, 9.17) is 4.99 Å². The maximum Gasteiger partial charge on any atom is 0.125 e. The molecule has 0 aromatic heterocycles. The molecule has 3 rings (SSSR count). The van der Waals surface area contributed by atoms with Gasteiger partial charge in [-0.15, -0.1) is 0 Å². The molecule has 30 heavy (non-hydrogen) atoms. The first-order valence-electron chi connectivity index (χ1n) is 11.2. The normalized spacial score (nSPS) is 17.4. The van der Waals surface area contributed by atoms with Crippen LogP contribution in [0.1, 0.15) is 58.3 Å². The number of aliphatic imine (C=N–C) groups is 1. The van der Waals surface area contributed by atoms with Gasteiger partial charge in [0.2, 0.25) is 0 Å². The largest absolute Gasteiger partial charge is 0.333 e. The summed E-state index contributed by atoms with van der Waals surface area (Å²) in [5.74, 6) is 1.90. The third-order valence-corrected chi connectivity index (χ3v) is 6.18. The van der Waals surface area contributed by atoms with Crippen LogP contribution in [-0.4, -0.2) is 12.9 Å². The summed E-state index contributed by atoms with van der Waals surface area (Å²) in [4.78, 5) is 6.90. The summed E-state index contributed by atoms with van der Waals surface area (Å²) >= 11 is 0. The van der Waals surface area contributed by atoms with E-state index in [-0.39, 0.29) is 5.82 Å². The Morgan fingerprint density at radius 1 is 1.13 bits per heavy atom. The number of unbranched alkanes of at least 4 members (excludes halogenated alkanes) is 1. The molecule has 0 radical (unpaired) electrons. The van der Waals surface area contributed by atoms with E-state index in [9.17, 15) is 4.39 Å². The smallest absolute Gasteiger partial charge is 0.125 e. The number of halogens is 1. The van der Waals surface area contributed by atoms with Gasteiger partial charge in [-0.05, 0) is 99.5 Å². The lowest BCUT2D eigenvalue weighted by atomic mass is 9.98. The number of rotatable bonds is 11. The Kier molecular flexibility index (Phi) is 7.47. The van der Waals surface area contributed by atoms with Crippen LogP contribution in [0.2, 0.25) is 0 Å². The van der Waals surface area contributed by atoms with Crippen molar-refractivity contribution in [1.82, 2.24) is 0 Å². The van der Waals surface area contributed by atoms with Crippen molar-refractivity contribution in [2.24, 2.45) is 16.8 Å². The minimum atomic E-state index is -0.245. The second-order valence-corrected chi connectivity index (χ2v) is 8.72. The Hall–Kier alpha value is -2.42. The molecule has 0 unspecified atom stereocenters. The maximum absolute atomic E-state index is 13.7.